The Hall–Kier alpha value is -0.810. The Kier molecular flexibility index (Phi) is 9.42. The molecule has 0 aliphatic heterocycles. The van der Waals surface area contributed by atoms with E-state index in [0.29, 0.717) is 10.7 Å². The fourth-order valence-electron chi connectivity index (χ4n) is 2.14. The Morgan fingerprint density at radius 2 is 1.81 bits per heavy atom. The van der Waals surface area contributed by atoms with Crippen LogP contribution in [0.3, 0.4) is 0 Å². The van der Waals surface area contributed by atoms with Crippen molar-refractivity contribution in [2.24, 2.45) is 0 Å². The second-order valence-electron chi connectivity index (χ2n) is 5.54. The normalized spacial score (nSPS) is 12.5. The van der Waals surface area contributed by atoms with Crippen molar-refractivity contribution >= 4 is 11.8 Å². The Morgan fingerprint density at radius 1 is 1.19 bits per heavy atom. The molecule has 2 N–H and O–H groups in total. The molecule has 21 heavy (non-hydrogen) atoms. The Balaban J connectivity index is 2.09. The number of nitrogens with one attached hydrogen (secondary N) is 1. The zero-order valence-electron chi connectivity index (χ0n) is 13.2. The lowest BCUT2D eigenvalue weighted by Crippen LogP contribution is -2.12. The SMILES string of the molecule is CCCCCCCCCCC(O)Sc1ncc(C)c(=O)[nH]1. The minimum absolute atomic E-state index is 0.133. The first kappa shape index (κ1) is 18.2. The van der Waals surface area contributed by atoms with Crippen molar-refractivity contribution < 1.29 is 5.11 Å². The van der Waals surface area contributed by atoms with E-state index < -0.39 is 5.44 Å². The molecule has 0 saturated carbocycles. The molecule has 0 aromatic carbocycles. The molecular formula is C16H28N2O2S. The number of aromatic amines is 1. The molecule has 5 heteroatoms. The molecule has 4 nitrogen and oxygen atoms in total. The molecule has 1 rings (SSSR count). The number of aliphatic hydroxyl groups is 1. The molecule has 0 bridgehead atoms. The molecule has 1 unspecified atom stereocenters. The average molecular weight is 312 g/mol. The third-order valence-electron chi connectivity index (χ3n) is 3.51. The van der Waals surface area contributed by atoms with Crippen LogP contribution in [-0.4, -0.2) is 20.5 Å². The van der Waals surface area contributed by atoms with Gasteiger partial charge in [-0.3, -0.25) is 4.79 Å². The van der Waals surface area contributed by atoms with E-state index in [1.807, 2.05) is 0 Å². The van der Waals surface area contributed by atoms with Crippen molar-refractivity contribution in [3.63, 3.8) is 0 Å². The van der Waals surface area contributed by atoms with Gasteiger partial charge in [0.05, 0.1) is 0 Å². The number of nitrogens with zero attached hydrogens (tertiary/aromatic N) is 1. The van der Waals surface area contributed by atoms with E-state index >= 15 is 0 Å². The number of unbranched alkanes of at least 4 members (excludes halogenated alkanes) is 7. The van der Waals surface area contributed by atoms with Gasteiger partial charge in [0.15, 0.2) is 5.16 Å². The van der Waals surface area contributed by atoms with Gasteiger partial charge in [0.2, 0.25) is 0 Å². The Labute approximate surface area is 131 Å². The fraction of sp³-hybridized carbons (Fsp3) is 0.750. The molecule has 0 radical (unpaired) electrons. The smallest absolute Gasteiger partial charge is 0.254 e. The maximum absolute atomic E-state index is 11.4. The number of hydrogen-bond acceptors (Lipinski definition) is 4. The van der Waals surface area contributed by atoms with Crippen LogP contribution in [0, 0.1) is 6.92 Å². The van der Waals surface area contributed by atoms with Crippen molar-refractivity contribution in [3.05, 3.63) is 22.1 Å². The molecule has 0 aliphatic carbocycles. The summed E-state index contributed by atoms with van der Waals surface area (Å²) in [5.41, 5.74) is -0.0281. The van der Waals surface area contributed by atoms with Crippen LogP contribution in [0.2, 0.25) is 0 Å². The number of hydrogen-bond donors (Lipinski definition) is 2. The molecule has 1 aromatic rings. The van der Waals surface area contributed by atoms with E-state index in [0.717, 1.165) is 12.8 Å². The summed E-state index contributed by atoms with van der Waals surface area (Å²) in [6.07, 6.45) is 12.4. The summed E-state index contributed by atoms with van der Waals surface area (Å²) >= 11 is 1.23. The van der Waals surface area contributed by atoms with Crippen molar-refractivity contribution in [3.8, 4) is 0 Å². The van der Waals surface area contributed by atoms with Gasteiger partial charge in [0.25, 0.3) is 5.56 Å². The molecule has 0 spiro atoms. The van der Waals surface area contributed by atoms with Crippen LogP contribution in [0.4, 0.5) is 0 Å². The lowest BCUT2D eigenvalue weighted by Gasteiger charge is -2.09. The first-order valence-corrected chi connectivity index (χ1v) is 8.92. The summed E-state index contributed by atoms with van der Waals surface area (Å²) in [5, 5.41) is 10.4. The van der Waals surface area contributed by atoms with Gasteiger partial charge in [0, 0.05) is 11.8 Å². The first-order chi connectivity index (χ1) is 10.1. The molecule has 0 amide bonds. The highest BCUT2D eigenvalue weighted by molar-refractivity contribution is 7.99. The van der Waals surface area contributed by atoms with Crippen LogP contribution in [0.15, 0.2) is 16.1 Å². The number of aryl methyl sites for hydroxylation is 1. The number of aromatic nitrogens is 2. The summed E-state index contributed by atoms with van der Waals surface area (Å²) in [5.74, 6) is 0. The van der Waals surface area contributed by atoms with E-state index in [4.69, 9.17) is 0 Å². The van der Waals surface area contributed by atoms with Gasteiger partial charge in [0.1, 0.15) is 5.44 Å². The Bertz CT molecular complexity index is 448. The van der Waals surface area contributed by atoms with Crippen LogP contribution < -0.4 is 5.56 Å². The zero-order chi connectivity index (χ0) is 15.5. The maximum atomic E-state index is 11.4. The standard InChI is InChI=1S/C16H28N2O2S/c1-3-4-5-6-7-8-9-10-11-14(19)21-16-17-12-13(2)15(20)18-16/h12,14,19H,3-11H2,1-2H3,(H,17,18,20). The number of H-pyrrole nitrogens is 1. The molecule has 1 heterocycles. The molecule has 1 atom stereocenters. The average Bonchev–Trinajstić information content (AvgIpc) is 2.46. The molecule has 120 valence electrons. The van der Waals surface area contributed by atoms with E-state index in [-0.39, 0.29) is 5.56 Å². The topological polar surface area (TPSA) is 66.0 Å². The zero-order valence-corrected chi connectivity index (χ0v) is 14.0. The third kappa shape index (κ3) is 8.27. The van der Waals surface area contributed by atoms with Crippen LogP contribution in [0.1, 0.15) is 70.3 Å². The van der Waals surface area contributed by atoms with Gasteiger partial charge in [-0.15, -0.1) is 0 Å². The van der Waals surface area contributed by atoms with Crippen LogP contribution in [0.25, 0.3) is 0 Å². The van der Waals surface area contributed by atoms with E-state index in [9.17, 15) is 9.90 Å². The quantitative estimate of drug-likeness (QED) is 0.280. The van der Waals surface area contributed by atoms with E-state index in [1.54, 1.807) is 13.1 Å². The molecule has 1 aromatic heterocycles. The molecular weight excluding hydrogens is 284 g/mol. The summed E-state index contributed by atoms with van der Waals surface area (Å²) in [7, 11) is 0. The van der Waals surface area contributed by atoms with Gasteiger partial charge >= 0.3 is 0 Å². The van der Waals surface area contributed by atoms with Gasteiger partial charge in [-0.2, -0.15) is 0 Å². The third-order valence-corrected chi connectivity index (χ3v) is 4.44. The van der Waals surface area contributed by atoms with E-state index in [1.165, 1.54) is 56.7 Å². The van der Waals surface area contributed by atoms with Crippen molar-refractivity contribution in [1.82, 2.24) is 9.97 Å². The summed E-state index contributed by atoms with van der Waals surface area (Å²) < 4.78 is 0. The van der Waals surface area contributed by atoms with Crippen molar-refractivity contribution in [1.29, 1.82) is 0 Å². The monoisotopic (exact) mass is 312 g/mol. The predicted octanol–water partition coefficient (Wildman–Crippen LogP) is 4.02. The fourth-order valence-corrected chi connectivity index (χ4v) is 2.95. The summed E-state index contributed by atoms with van der Waals surface area (Å²) in [6, 6.07) is 0. The van der Waals surface area contributed by atoms with Gasteiger partial charge in [-0.1, -0.05) is 63.6 Å². The highest BCUT2D eigenvalue weighted by Crippen LogP contribution is 2.21. The van der Waals surface area contributed by atoms with Gasteiger partial charge in [-0.25, -0.2) is 4.98 Å². The molecule has 0 aliphatic rings. The van der Waals surface area contributed by atoms with Gasteiger partial charge < -0.3 is 10.1 Å². The summed E-state index contributed by atoms with van der Waals surface area (Å²) in [6.45, 7) is 3.95. The van der Waals surface area contributed by atoms with Gasteiger partial charge in [-0.05, 0) is 19.8 Å². The highest BCUT2D eigenvalue weighted by atomic mass is 32.2. The Morgan fingerprint density at radius 3 is 2.43 bits per heavy atom. The number of rotatable bonds is 11. The van der Waals surface area contributed by atoms with Crippen molar-refractivity contribution in [2.75, 3.05) is 0 Å². The second kappa shape index (κ2) is 10.9. The van der Waals surface area contributed by atoms with E-state index in [2.05, 4.69) is 16.9 Å². The summed E-state index contributed by atoms with van der Waals surface area (Å²) in [4.78, 5) is 18.2. The first-order valence-electron chi connectivity index (χ1n) is 8.04. The highest BCUT2D eigenvalue weighted by Gasteiger charge is 2.08. The lowest BCUT2D eigenvalue weighted by molar-refractivity contribution is 0.247. The molecule has 0 fully saturated rings. The largest absolute Gasteiger partial charge is 0.382 e. The minimum atomic E-state index is -0.490. The minimum Gasteiger partial charge on any atom is -0.382 e. The maximum Gasteiger partial charge on any atom is 0.254 e. The molecule has 0 saturated heterocycles. The second-order valence-corrected chi connectivity index (χ2v) is 6.70. The van der Waals surface area contributed by atoms with Crippen LogP contribution in [-0.2, 0) is 0 Å². The number of thioether (sulfide) groups is 1. The van der Waals surface area contributed by atoms with Crippen molar-refractivity contribution in [2.45, 2.75) is 82.2 Å². The lowest BCUT2D eigenvalue weighted by atomic mass is 10.1. The number of aliphatic hydroxyl groups excluding tert-OH is 1. The van der Waals surface area contributed by atoms with Crippen LogP contribution >= 0.6 is 11.8 Å². The predicted molar refractivity (Wildman–Crippen MR) is 88.7 cm³/mol. The van der Waals surface area contributed by atoms with Crippen LogP contribution in [0.5, 0.6) is 0 Å².